The van der Waals surface area contributed by atoms with E-state index in [4.69, 9.17) is 16.3 Å². The number of ketones is 2. The Morgan fingerprint density at radius 2 is 1.54 bits per heavy atom. The van der Waals surface area contributed by atoms with Crippen molar-refractivity contribution in [2.24, 2.45) is 10.8 Å². The molecular formula is C34H39ClN2O4. The van der Waals surface area contributed by atoms with Gasteiger partial charge in [0.1, 0.15) is 5.75 Å². The van der Waals surface area contributed by atoms with Crippen molar-refractivity contribution in [3.8, 4) is 5.75 Å². The number of nitrogens with zero attached hydrogens (tertiary/aromatic N) is 1. The Morgan fingerprint density at radius 1 is 0.951 bits per heavy atom. The van der Waals surface area contributed by atoms with Crippen LogP contribution in [0.25, 0.3) is 0 Å². The van der Waals surface area contributed by atoms with Crippen molar-refractivity contribution < 1.29 is 19.1 Å². The van der Waals surface area contributed by atoms with Crippen LogP contribution >= 0.6 is 11.6 Å². The monoisotopic (exact) mass is 574 g/mol. The Labute approximate surface area is 247 Å². The smallest absolute Gasteiger partial charge is 0.262 e. The topological polar surface area (TPSA) is 75.7 Å². The highest BCUT2D eigenvalue weighted by molar-refractivity contribution is 6.31. The lowest BCUT2D eigenvalue weighted by molar-refractivity contribution is -0.120. The first kappa shape index (κ1) is 29.1. The predicted octanol–water partition coefficient (Wildman–Crippen LogP) is 7.37. The van der Waals surface area contributed by atoms with E-state index < -0.39 is 5.92 Å². The van der Waals surface area contributed by atoms with Crippen LogP contribution < -0.4 is 10.1 Å². The molecule has 7 heteroatoms. The summed E-state index contributed by atoms with van der Waals surface area (Å²) in [5.41, 5.74) is 5.35. The molecule has 5 rings (SSSR count). The summed E-state index contributed by atoms with van der Waals surface area (Å²) in [4.78, 5) is 42.9. The average molecular weight is 575 g/mol. The molecule has 2 aromatic rings. The molecule has 1 N–H and O–H groups in total. The summed E-state index contributed by atoms with van der Waals surface area (Å²) in [6.07, 6.45) is 2.36. The summed E-state index contributed by atoms with van der Waals surface area (Å²) < 4.78 is 6.12. The van der Waals surface area contributed by atoms with Gasteiger partial charge < -0.3 is 15.0 Å². The quantitative estimate of drug-likeness (QED) is 0.390. The third-order valence-electron chi connectivity index (χ3n) is 8.38. The van der Waals surface area contributed by atoms with Crippen molar-refractivity contribution in [3.05, 3.63) is 81.2 Å². The maximum absolute atomic E-state index is 13.9. The number of ether oxygens (including phenoxy) is 1. The number of hydrogen-bond acceptors (Lipinski definition) is 5. The summed E-state index contributed by atoms with van der Waals surface area (Å²) >= 11 is 6.22. The van der Waals surface area contributed by atoms with Gasteiger partial charge in [-0.1, -0.05) is 63.6 Å². The lowest BCUT2D eigenvalue weighted by atomic mass is 9.63. The van der Waals surface area contributed by atoms with Gasteiger partial charge in [0.25, 0.3) is 5.91 Å². The van der Waals surface area contributed by atoms with Crippen molar-refractivity contribution in [1.82, 2.24) is 4.90 Å². The number of benzene rings is 2. The number of carbonyl (C=O) groups is 3. The van der Waals surface area contributed by atoms with Crippen LogP contribution in [0.1, 0.15) is 77.3 Å². The first-order valence-corrected chi connectivity index (χ1v) is 14.8. The van der Waals surface area contributed by atoms with Crippen molar-refractivity contribution in [1.29, 1.82) is 0 Å². The molecule has 0 aromatic heterocycles. The zero-order chi connectivity index (χ0) is 29.7. The predicted molar refractivity (Wildman–Crippen MR) is 162 cm³/mol. The molecule has 216 valence electrons. The van der Waals surface area contributed by atoms with Crippen molar-refractivity contribution >= 4 is 34.8 Å². The van der Waals surface area contributed by atoms with E-state index in [0.29, 0.717) is 47.0 Å². The molecule has 0 radical (unpaired) electrons. The van der Waals surface area contributed by atoms with Gasteiger partial charge >= 0.3 is 0 Å². The molecule has 1 heterocycles. The molecule has 2 aliphatic carbocycles. The highest BCUT2D eigenvalue weighted by atomic mass is 35.5. The van der Waals surface area contributed by atoms with Crippen molar-refractivity contribution in [3.63, 3.8) is 0 Å². The number of allylic oxidation sites excluding steroid dienone is 4. The summed E-state index contributed by atoms with van der Waals surface area (Å²) in [7, 11) is 0. The highest BCUT2D eigenvalue weighted by Gasteiger charge is 2.49. The maximum Gasteiger partial charge on any atom is 0.262 e. The van der Waals surface area contributed by atoms with E-state index in [9.17, 15) is 14.4 Å². The number of Topliss-reactive ketones (excluding diaryl/α,β-unsaturated/α-hetero) is 2. The molecule has 0 bridgehead atoms. The number of nitrogens with one attached hydrogen (secondary N) is 1. The summed E-state index contributed by atoms with van der Waals surface area (Å²) in [5, 5.41) is 3.40. The number of carbonyl (C=O) groups excluding carboxylic acids is 3. The van der Waals surface area contributed by atoms with Crippen LogP contribution in [-0.4, -0.2) is 35.5 Å². The second-order valence-corrected chi connectivity index (χ2v) is 13.5. The Morgan fingerprint density at radius 3 is 2.10 bits per heavy atom. The van der Waals surface area contributed by atoms with E-state index in [1.165, 1.54) is 0 Å². The molecule has 0 unspecified atom stereocenters. The highest BCUT2D eigenvalue weighted by Crippen LogP contribution is 2.55. The summed E-state index contributed by atoms with van der Waals surface area (Å²) in [6.45, 7) is 13.0. The second kappa shape index (κ2) is 10.8. The molecule has 1 amide bonds. The Hall–Kier alpha value is -3.38. The van der Waals surface area contributed by atoms with Crippen LogP contribution in [0, 0.1) is 17.8 Å². The Balaban J connectivity index is 1.54. The molecule has 0 saturated heterocycles. The fourth-order valence-electron chi connectivity index (χ4n) is 6.60. The van der Waals surface area contributed by atoms with Crippen LogP contribution in [0.5, 0.6) is 5.75 Å². The fraction of sp³-hybridized carbons (Fsp3) is 0.441. The van der Waals surface area contributed by atoms with Crippen LogP contribution in [0.3, 0.4) is 0 Å². The molecule has 3 aliphatic rings. The van der Waals surface area contributed by atoms with Gasteiger partial charge in [0, 0.05) is 64.1 Å². The van der Waals surface area contributed by atoms with Crippen LogP contribution in [0.2, 0.25) is 5.02 Å². The number of hydrogen-bond donors (Lipinski definition) is 1. The van der Waals surface area contributed by atoms with E-state index in [-0.39, 0.29) is 34.9 Å². The van der Waals surface area contributed by atoms with Crippen LogP contribution in [0.15, 0.2) is 65.0 Å². The van der Waals surface area contributed by atoms with Crippen molar-refractivity contribution in [2.45, 2.75) is 73.1 Å². The minimum Gasteiger partial charge on any atom is -0.483 e. The minimum absolute atomic E-state index is 0.0766. The van der Waals surface area contributed by atoms with E-state index >= 15 is 0 Å². The zero-order valence-corrected chi connectivity index (χ0v) is 25.6. The largest absolute Gasteiger partial charge is 0.483 e. The van der Waals surface area contributed by atoms with Crippen LogP contribution in [0.4, 0.5) is 5.69 Å². The van der Waals surface area contributed by atoms with Gasteiger partial charge in [-0.15, -0.1) is 0 Å². The number of aryl methyl sites for hydroxylation is 1. The molecule has 0 saturated carbocycles. The number of anilines is 1. The Kier molecular flexibility index (Phi) is 7.66. The molecule has 0 fully saturated rings. The van der Waals surface area contributed by atoms with Crippen LogP contribution in [-0.2, 0) is 14.4 Å². The average Bonchev–Trinajstić information content (AvgIpc) is 2.87. The van der Waals surface area contributed by atoms with Gasteiger partial charge in [-0.3, -0.25) is 14.4 Å². The standard InChI is InChI=1S/C34H39ClN2O4/c1-7-37-24-15-33(3,4)17-26(38)31(24)30(32-25(37)16-34(5,6)18-27(32)39)22-10-8-9-11-28(22)41-19-29(40)36-21-13-12-20(2)23(35)14-21/h8-14,30H,7,15-19H2,1-6H3,(H,36,40). The number of para-hydroxylation sites is 1. The number of halogens is 1. The lowest BCUT2D eigenvalue weighted by Crippen LogP contribution is -2.44. The van der Waals surface area contributed by atoms with Crippen molar-refractivity contribution in [2.75, 3.05) is 18.5 Å². The van der Waals surface area contributed by atoms with E-state index in [1.807, 2.05) is 37.3 Å². The number of rotatable bonds is 6. The second-order valence-electron chi connectivity index (χ2n) is 13.1. The molecule has 1 aliphatic heterocycles. The molecule has 0 spiro atoms. The van der Waals surface area contributed by atoms with Gasteiger partial charge in [0.15, 0.2) is 18.2 Å². The van der Waals surface area contributed by atoms with E-state index in [0.717, 1.165) is 35.4 Å². The fourth-order valence-corrected chi connectivity index (χ4v) is 6.78. The van der Waals surface area contributed by atoms with Gasteiger partial charge in [-0.25, -0.2) is 0 Å². The van der Waals surface area contributed by atoms with E-state index in [2.05, 4.69) is 44.8 Å². The third kappa shape index (κ3) is 5.72. The summed E-state index contributed by atoms with van der Waals surface area (Å²) in [5.74, 6) is -0.203. The van der Waals surface area contributed by atoms with Gasteiger partial charge in [-0.2, -0.15) is 0 Å². The zero-order valence-electron chi connectivity index (χ0n) is 24.8. The van der Waals surface area contributed by atoms with Gasteiger partial charge in [-0.05, 0) is 61.3 Å². The van der Waals surface area contributed by atoms with E-state index in [1.54, 1.807) is 12.1 Å². The molecule has 41 heavy (non-hydrogen) atoms. The normalized spacial score (nSPS) is 20.1. The van der Waals surface area contributed by atoms with Gasteiger partial charge in [0.2, 0.25) is 0 Å². The maximum atomic E-state index is 13.9. The molecule has 2 aromatic carbocycles. The lowest BCUT2D eigenvalue weighted by Gasteiger charge is -2.49. The Bertz CT molecular complexity index is 1450. The minimum atomic E-state index is -0.523. The van der Waals surface area contributed by atoms with Gasteiger partial charge in [0.05, 0.1) is 0 Å². The first-order valence-electron chi connectivity index (χ1n) is 14.4. The molecule has 0 atom stereocenters. The molecular weight excluding hydrogens is 536 g/mol. The third-order valence-corrected chi connectivity index (χ3v) is 8.79. The molecule has 6 nitrogen and oxygen atoms in total. The first-order chi connectivity index (χ1) is 19.3. The number of amides is 1. The SMILES string of the molecule is CCN1C2=C(C(=O)CC(C)(C)C2)C(c2ccccc2OCC(=O)Nc2ccc(C)c(Cl)c2)C2=C1CC(C)(C)CC2=O. The summed E-state index contributed by atoms with van der Waals surface area (Å²) in [6, 6.07) is 12.8.